The summed E-state index contributed by atoms with van der Waals surface area (Å²) in [5.41, 5.74) is 2.20. The molecule has 0 saturated carbocycles. The number of anilines is 1. The van der Waals surface area contributed by atoms with Gasteiger partial charge in [0, 0.05) is 69.8 Å². The number of amides is 2. The molecule has 0 radical (unpaired) electrons. The van der Waals surface area contributed by atoms with Gasteiger partial charge in [0.25, 0.3) is 5.56 Å². The van der Waals surface area contributed by atoms with Crippen LogP contribution < -0.4 is 25.2 Å². The first-order chi connectivity index (χ1) is 21.5. The summed E-state index contributed by atoms with van der Waals surface area (Å²) in [6.07, 6.45) is 4.05. The molecule has 12 heteroatoms. The molecule has 0 aliphatic carbocycles. The molecular formula is C32H34N6O5S. The Bertz CT molecular complexity index is 1690. The molecule has 0 unspecified atom stereocenters. The van der Waals surface area contributed by atoms with Crippen molar-refractivity contribution in [1.82, 2.24) is 24.8 Å². The average Bonchev–Trinajstić information content (AvgIpc) is 3.53. The van der Waals surface area contributed by atoms with Crippen LogP contribution in [-0.2, 0) is 22.7 Å². The van der Waals surface area contributed by atoms with E-state index < -0.39 is 5.25 Å². The quantitative estimate of drug-likeness (QED) is 0.212. The van der Waals surface area contributed by atoms with Gasteiger partial charge in [0.15, 0.2) is 16.7 Å². The summed E-state index contributed by atoms with van der Waals surface area (Å²) in [5.74, 6) is 0.814. The zero-order valence-corrected chi connectivity index (χ0v) is 25.3. The zero-order valence-electron chi connectivity index (χ0n) is 24.5. The van der Waals surface area contributed by atoms with Gasteiger partial charge in [-0.3, -0.25) is 23.9 Å². The lowest BCUT2D eigenvalue weighted by Gasteiger charge is -2.36. The predicted molar refractivity (Wildman–Crippen MR) is 168 cm³/mol. The van der Waals surface area contributed by atoms with Gasteiger partial charge < -0.3 is 24.6 Å². The molecule has 2 aliphatic rings. The lowest BCUT2D eigenvalue weighted by molar-refractivity contribution is -0.131. The van der Waals surface area contributed by atoms with Crippen molar-refractivity contribution in [2.45, 2.75) is 43.3 Å². The molecule has 0 spiro atoms. The van der Waals surface area contributed by atoms with Crippen LogP contribution in [0.15, 0.2) is 76.9 Å². The Balaban J connectivity index is 1.20. The van der Waals surface area contributed by atoms with Gasteiger partial charge in [0.2, 0.25) is 18.6 Å². The maximum atomic E-state index is 13.9. The summed E-state index contributed by atoms with van der Waals surface area (Å²) in [6, 6.07) is 17.2. The Labute approximate surface area is 259 Å². The van der Waals surface area contributed by atoms with Gasteiger partial charge >= 0.3 is 0 Å². The smallest absolute Gasteiger partial charge is 0.262 e. The maximum Gasteiger partial charge on any atom is 0.262 e. The van der Waals surface area contributed by atoms with Gasteiger partial charge in [-0.15, -0.1) is 0 Å². The van der Waals surface area contributed by atoms with Gasteiger partial charge in [-0.1, -0.05) is 43.0 Å². The predicted octanol–water partition coefficient (Wildman–Crippen LogP) is 3.45. The monoisotopic (exact) mass is 614 g/mol. The highest BCUT2D eigenvalue weighted by Crippen LogP contribution is 2.35. The molecule has 4 aromatic rings. The second kappa shape index (κ2) is 13.4. The van der Waals surface area contributed by atoms with E-state index in [1.165, 1.54) is 16.3 Å². The number of nitrogens with zero attached hydrogens (tertiary/aromatic N) is 5. The SMILES string of the molecule is CC[C@H](Sc1nc2cc3c(cc2c(=O)n1CCC(=O)N1CCN(c2ccccc2)CC1)OCO3)C(=O)NCc1cccnc1. The molecule has 2 amide bonds. The van der Waals surface area contributed by atoms with Crippen molar-refractivity contribution in [1.29, 1.82) is 0 Å². The number of benzene rings is 2. The normalized spacial score (nSPS) is 14.9. The summed E-state index contributed by atoms with van der Waals surface area (Å²) in [6.45, 7) is 5.18. The zero-order chi connectivity index (χ0) is 30.5. The first kappa shape index (κ1) is 29.5. The van der Waals surface area contributed by atoms with E-state index >= 15 is 0 Å². The lowest BCUT2D eigenvalue weighted by atomic mass is 10.2. The molecule has 0 bridgehead atoms. The highest BCUT2D eigenvalue weighted by Gasteiger charge is 2.26. The third kappa shape index (κ3) is 6.49. The molecule has 2 aromatic carbocycles. The highest BCUT2D eigenvalue weighted by atomic mass is 32.2. The number of pyridine rings is 1. The highest BCUT2D eigenvalue weighted by molar-refractivity contribution is 8.00. The Morgan fingerprint density at radius 3 is 2.52 bits per heavy atom. The number of thioether (sulfide) groups is 1. The second-order valence-electron chi connectivity index (χ2n) is 10.6. The van der Waals surface area contributed by atoms with Crippen molar-refractivity contribution >= 4 is 40.2 Å². The first-order valence-corrected chi connectivity index (χ1v) is 15.6. The minimum atomic E-state index is -0.502. The van der Waals surface area contributed by atoms with E-state index in [2.05, 4.69) is 27.3 Å². The van der Waals surface area contributed by atoms with Crippen molar-refractivity contribution < 1.29 is 19.1 Å². The van der Waals surface area contributed by atoms with Crippen LogP contribution in [0.5, 0.6) is 11.5 Å². The van der Waals surface area contributed by atoms with E-state index in [0.717, 1.165) is 24.3 Å². The maximum absolute atomic E-state index is 13.9. The number of nitrogens with one attached hydrogen (secondary N) is 1. The molecule has 11 nitrogen and oxygen atoms in total. The summed E-state index contributed by atoms with van der Waals surface area (Å²) in [5, 5.41) is 3.22. The number of carbonyl (C=O) groups is 2. The molecule has 6 rings (SSSR count). The number of rotatable bonds is 10. The van der Waals surface area contributed by atoms with Crippen molar-refractivity contribution in [3.63, 3.8) is 0 Å². The second-order valence-corrected chi connectivity index (χ2v) is 11.8. The van der Waals surface area contributed by atoms with Gasteiger partial charge in [-0.05, 0) is 36.2 Å². The van der Waals surface area contributed by atoms with E-state index in [0.29, 0.717) is 53.6 Å². The molecule has 1 atom stereocenters. The van der Waals surface area contributed by atoms with Gasteiger partial charge in [0.1, 0.15) is 0 Å². The number of piperazine rings is 1. The third-order valence-corrected chi connectivity index (χ3v) is 9.17. The van der Waals surface area contributed by atoms with E-state index in [1.807, 2.05) is 42.2 Å². The summed E-state index contributed by atoms with van der Waals surface area (Å²) in [7, 11) is 0. The van der Waals surface area contributed by atoms with Crippen molar-refractivity contribution in [2.75, 3.05) is 37.9 Å². The van der Waals surface area contributed by atoms with Crippen LogP contribution in [0, 0.1) is 0 Å². The molecule has 2 aliphatic heterocycles. The standard InChI is InChI=1S/C32H34N6O5S/c1-2-28(30(40)34-20-22-7-6-11-33-19-22)44-32-35-25-18-27-26(42-21-43-27)17-24(25)31(41)38(32)12-10-29(39)37-15-13-36(14-16-37)23-8-4-3-5-9-23/h3-9,11,17-19,28H,2,10,12-16,20-21H2,1H3,(H,34,40)/t28-/m0/s1. The first-order valence-electron chi connectivity index (χ1n) is 14.8. The van der Waals surface area contributed by atoms with Crippen molar-refractivity contribution in [2.24, 2.45) is 0 Å². The molecule has 1 saturated heterocycles. The number of carbonyl (C=O) groups excluding carboxylic acids is 2. The van der Waals surface area contributed by atoms with Gasteiger partial charge in [-0.25, -0.2) is 4.98 Å². The summed E-state index contributed by atoms with van der Waals surface area (Å²) in [4.78, 5) is 53.4. The number of fused-ring (bicyclic) bond motifs is 2. The van der Waals surface area contributed by atoms with Crippen molar-refractivity contribution in [3.8, 4) is 11.5 Å². The largest absolute Gasteiger partial charge is 0.454 e. The van der Waals surface area contributed by atoms with Crippen LogP contribution in [0.3, 0.4) is 0 Å². The lowest BCUT2D eigenvalue weighted by Crippen LogP contribution is -2.49. The Morgan fingerprint density at radius 1 is 1.02 bits per heavy atom. The van der Waals surface area contributed by atoms with Gasteiger partial charge in [-0.2, -0.15) is 0 Å². The minimum absolute atomic E-state index is 0.0207. The van der Waals surface area contributed by atoms with E-state index in [9.17, 15) is 14.4 Å². The molecule has 228 valence electrons. The van der Waals surface area contributed by atoms with Gasteiger partial charge in [0.05, 0.1) is 16.2 Å². The average molecular weight is 615 g/mol. The Kier molecular flexibility index (Phi) is 8.96. The number of aromatic nitrogens is 3. The number of hydrogen-bond donors (Lipinski definition) is 1. The van der Waals surface area contributed by atoms with Crippen LogP contribution in [-0.4, -0.2) is 69.5 Å². The van der Waals surface area contributed by atoms with Crippen LogP contribution in [0.4, 0.5) is 5.69 Å². The van der Waals surface area contributed by atoms with Crippen LogP contribution in [0.25, 0.3) is 10.9 Å². The molecule has 44 heavy (non-hydrogen) atoms. The fourth-order valence-corrected chi connectivity index (χ4v) is 6.42. The number of hydrogen-bond acceptors (Lipinski definition) is 9. The fraction of sp³-hybridized carbons (Fsp3) is 0.344. The number of para-hydroxylation sites is 1. The number of ether oxygens (including phenoxy) is 2. The van der Waals surface area contributed by atoms with E-state index in [1.54, 1.807) is 24.5 Å². The summed E-state index contributed by atoms with van der Waals surface area (Å²) < 4.78 is 12.5. The van der Waals surface area contributed by atoms with Crippen molar-refractivity contribution in [3.05, 3.63) is 82.9 Å². The Morgan fingerprint density at radius 2 is 1.80 bits per heavy atom. The Hall–Kier alpha value is -4.58. The van der Waals surface area contributed by atoms with Crippen LogP contribution in [0.1, 0.15) is 25.3 Å². The molecule has 1 fully saturated rings. The fourth-order valence-electron chi connectivity index (χ4n) is 5.35. The summed E-state index contributed by atoms with van der Waals surface area (Å²) >= 11 is 1.23. The van der Waals surface area contributed by atoms with E-state index in [4.69, 9.17) is 14.5 Å². The molecule has 2 aromatic heterocycles. The molecular weight excluding hydrogens is 580 g/mol. The minimum Gasteiger partial charge on any atom is -0.454 e. The molecule has 4 heterocycles. The molecule has 1 N–H and O–H groups in total. The topological polar surface area (TPSA) is 119 Å². The van der Waals surface area contributed by atoms with Crippen LogP contribution in [0.2, 0.25) is 0 Å². The third-order valence-electron chi connectivity index (χ3n) is 7.82. The van der Waals surface area contributed by atoms with E-state index in [-0.39, 0.29) is 37.1 Å². The van der Waals surface area contributed by atoms with Crippen LogP contribution >= 0.6 is 11.8 Å².